The fourth-order valence-electron chi connectivity index (χ4n) is 3.54. The molecule has 0 radical (unpaired) electrons. The van der Waals surface area contributed by atoms with E-state index < -0.39 is 0 Å². The summed E-state index contributed by atoms with van der Waals surface area (Å²) in [4.78, 5) is 0. The molecule has 0 heterocycles. The van der Waals surface area contributed by atoms with E-state index in [-0.39, 0.29) is 0 Å². The molecule has 0 saturated heterocycles. The Balaban J connectivity index is 2.10. The summed E-state index contributed by atoms with van der Waals surface area (Å²) in [6.07, 6.45) is 9.04. The molecule has 1 aromatic rings. The molecule has 2 aliphatic rings. The maximum absolute atomic E-state index is 2.49. The predicted molar refractivity (Wildman–Crippen MR) is 68.7 cm³/mol. The first-order valence-electron chi connectivity index (χ1n) is 6.50. The molecule has 84 valence electrons. The van der Waals surface area contributed by atoms with Crippen LogP contribution in [0.15, 0.2) is 36.4 Å². The summed E-state index contributed by atoms with van der Waals surface area (Å²) in [7, 11) is 0. The van der Waals surface area contributed by atoms with Crippen molar-refractivity contribution in [1.82, 2.24) is 0 Å². The molecular weight excluding hydrogens is 192 g/mol. The third kappa shape index (κ3) is 1.36. The molecule has 2 bridgehead atoms. The zero-order valence-corrected chi connectivity index (χ0v) is 10.2. The fourth-order valence-corrected chi connectivity index (χ4v) is 3.54. The first-order valence-corrected chi connectivity index (χ1v) is 6.50. The van der Waals surface area contributed by atoms with Crippen LogP contribution >= 0.6 is 0 Å². The Bertz CT molecular complexity index is 427. The van der Waals surface area contributed by atoms with Gasteiger partial charge in [0.1, 0.15) is 0 Å². The third-order valence-corrected chi connectivity index (χ3v) is 4.39. The van der Waals surface area contributed by atoms with Crippen LogP contribution in [0.4, 0.5) is 0 Å². The Morgan fingerprint density at radius 3 is 2.62 bits per heavy atom. The molecule has 2 aliphatic carbocycles. The molecule has 2 unspecified atom stereocenters. The highest BCUT2D eigenvalue weighted by Gasteiger charge is 2.42. The van der Waals surface area contributed by atoms with Crippen molar-refractivity contribution in [3.8, 4) is 0 Å². The van der Waals surface area contributed by atoms with Gasteiger partial charge in [0.15, 0.2) is 0 Å². The normalized spacial score (nSPS) is 31.6. The van der Waals surface area contributed by atoms with Crippen molar-refractivity contribution in [2.75, 3.05) is 0 Å². The first-order chi connectivity index (χ1) is 7.71. The molecule has 0 aromatic heterocycles. The number of benzene rings is 1. The number of hydrogen-bond acceptors (Lipinski definition) is 0. The van der Waals surface area contributed by atoms with E-state index in [9.17, 15) is 0 Å². The van der Waals surface area contributed by atoms with Crippen molar-refractivity contribution in [2.24, 2.45) is 5.92 Å². The van der Waals surface area contributed by atoms with Gasteiger partial charge in [-0.15, -0.1) is 0 Å². The average Bonchev–Trinajstić information content (AvgIpc) is 2.90. The van der Waals surface area contributed by atoms with Gasteiger partial charge in [-0.25, -0.2) is 0 Å². The van der Waals surface area contributed by atoms with Crippen LogP contribution in [0, 0.1) is 5.92 Å². The second kappa shape index (κ2) is 3.48. The van der Waals surface area contributed by atoms with E-state index in [1.807, 2.05) is 0 Å². The predicted octanol–water partition coefficient (Wildman–Crippen LogP) is 4.42. The lowest BCUT2D eigenvalue weighted by Crippen LogP contribution is -2.20. The van der Waals surface area contributed by atoms with Gasteiger partial charge in [0.05, 0.1) is 0 Å². The molecule has 1 fully saturated rings. The largest absolute Gasteiger partial charge is 0.0845 e. The Morgan fingerprint density at radius 2 is 2.06 bits per heavy atom. The van der Waals surface area contributed by atoms with E-state index in [0.717, 1.165) is 5.92 Å². The van der Waals surface area contributed by atoms with E-state index in [0.29, 0.717) is 11.3 Å². The molecule has 2 atom stereocenters. The van der Waals surface area contributed by atoms with Crippen LogP contribution in [0.25, 0.3) is 0 Å². The zero-order chi connectivity index (χ0) is 11.2. The first kappa shape index (κ1) is 10.1. The summed E-state index contributed by atoms with van der Waals surface area (Å²) in [5.74, 6) is 1.50. The molecule has 1 saturated carbocycles. The van der Waals surface area contributed by atoms with Crippen molar-refractivity contribution in [1.29, 1.82) is 0 Å². The van der Waals surface area contributed by atoms with Crippen molar-refractivity contribution in [3.05, 3.63) is 47.5 Å². The van der Waals surface area contributed by atoms with Gasteiger partial charge in [0, 0.05) is 5.41 Å². The number of hydrogen-bond donors (Lipinski definition) is 0. The van der Waals surface area contributed by atoms with Gasteiger partial charge in [-0.05, 0) is 42.2 Å². The summed E-state index contributed by atoms with van der Waals surface area (Å²) < 4.78 is 0. The van der Waals surface area contributed by atoms with Crippen molar-refractivity contribution >= 4 is 0 Å². The molecule has 0 aliphatic heterocycles. The van der Waals surface area contributed by atoms with Crippen LogP contribution in [0.3, 0.4) is 0 Å². The van der Waals surface area contributed by atoms with Crippen LogP contribution in [0.1, 0.15) is 50.2 Å². The van der Waals surface area contributed by atoms with Gasteiger partial charge < -0.3 is 0 Å². The van der Waals surface area contributed by atoms with Crippen molar-refractivity contribution < 1.29 is 0 Å². The molecule has 0 nitrogen and oxygen atoms in total. The third-order valence-electron chi connectivity index (χ3n) is 4.39. The van der Waals surface area contributed by atoms with Crippen LogP contribution in [-0.4, -0.2) is 0 Å². The van der Waals surface area contributed by atoms with E-state index in [4.69, 9.17) is 0 Å². The Labute approximate surface area is 98.4 Å². The van der Waals surface area contributed by atoms with Gasteiger partial charge >= 0.3 is 0 Å². The Hall–Kier alpha value is -1.04. The van der Waals surface area contributed by atoms with Gasteiger partial charge in [0.2, 0.25) is 0 Å². The maximum Gasteiger partial charge on any atom is 0.0141 e. The van der Waals surface area contributed by atoms with Gasteiger partial charge in [-0.3, -0.25) is 0 Å². The minimum atomic E-state index is 0.394. The van der Waals surface area contributed by atoms with Crippen LogP contribution in [-0.2, 0) is 5.41 Å². The molecule has 0 heteroatoms. The summed E-state index contributed by atoms with van der Waals surface area (Å²) in [6, 6.07) is 9.05. The van der Waals surface area contributed by atoms with E-state index >= 15 is 0 Å². The molecule has 3 rings (SSSR count). The quantitative estimate of drug-likeness (QED) is 0.637. The highest BCUT2D eigenvalue weighted by atomic mass is 14.5. The van der Waals surface area contributed by atoms with E-state index in [1.165, 1.54) is 19.3 Å². The lowest BCUT2D eigenvalue weighted by atomic mass is 9.76. The summed E-state index contributed by atoms with van der Waals surface area (Å²) in [5.41, 5.74) is 3.54. The molecule has 16 heavy (non-hydrogen) atoms. The Kier molecular flexibility index (Phi) is 2.20. The topological polar surface area (TPSA) is 0 Å². The molecule has 0 spiro atoms. The number of fused-ring (bicyclic) bond motifs is 2. The second-order valence-electron chi connectivity index (χ2n) is 5.76. The van der Waals surface area contributed by atoms with Crippen LogP contribution in [0.2, 0.25) is 0 Å². The lowest BCUT2D eigenvalue weighted by molar-refractivity contribution is 0.556. The summed E-state index contributed by atoms with van der Waals surface area (Å²) >= 11 is 0. The summed E-state index contributed by atoms with van der Waals surface area (Å²) in [6.45, 7) is 4.61. The van der Waals surface area contributed by atoms with E-state index in [1.54, 1.807) is 11.1 Å². The highest BCUT2D eigenvalue weighted by molar-refractivity contribution is 5.43. The molecule has 0 amide bonds. The monoisotopic (exact) mass is 212 g/mol. The molecule has 0 N–H and O–H groups in total. The van der Waals surface area contributed by atoms with Crippen LogP contribution in [0.5, 0.6) is 0 Å². The number of rotatable bonds is 2. The lowest BCUT2D eigenvalue weighted by Gasteiger charge is -2.28. The van der Waals surface area contributed by atoms with Gasteiger partial charge in [0.25, 0.3) is 0 Å². The van der Waals surface area contributed by atoms with Gasteiger partial charge in [-0.1, -0.05) is 50.3 Å². The maximum atomic E-state index is 2.49. The van der Waals surface area contributed by atoms with Crippen molar-refractivity contribution in [3.63, 3.8) is 0 Å². The highest BCUT2D eigenvalue weighted by Crippen LogP contribution is 2.52. The SMILES string of the molecule is CC(C)c1ccccc1C12C=CC(CC1)C2. The number of allylic oxidation sites excluding steroid dienone is 2. The van der Waals surface area contributed by atoms with Gasteiger partial charge in [-0.2, -0.15) is 0 Å². The summed E-state index contributed by atoms with van der Waals surface area (Å²) in [5, 5.41) is 0. The molecular formula is C16H20. The standard InChI is InChI=1S/C16H20/c1-12(2)14-5-3-4-6-15(14)16-9-7-13(11-16)8-10-16/h3-7,9,12-13H,8,10-11H2,1-2H3. The second-order valence-corrected chi connectivity index (χ2v) is 5.76. The smallest absolute Gasteiger partial charge is 0.0141 e. The average molecular weight is 212 g/mol. The van der Waals surface area contributed by atoms with Crippen molar-refractivity contribution in [2.45, 2.75) is 44.4 Å². The Morgan fingerprint density at radius 1 is 1.25 bits per heavy atom. The minimum absolute atomic E-state index is 0.394. The minimum Gasteiger partial charge on any atom is -0.0845 e. The molecule has 1 aromatic carbocycles. The van der Waals surface area contributed by atoms with Crippen LogP contribution < -0.4 is 0 Å². The fraction of sp³-hybridized carbons (Fsp3) is 0.500. The van der Waals surface area contributed by atoms with E-state index in [2.05, 4.69) is 50.3 Å². The zero-order valence-electron chi connectivity index (χ0n) is 10.2.